The molecule has 1 aromatic carbocycles. The van der Waals surface area contributed by atoms with E-state index in [0.717, 1.165) is 11.1 Å². The molecule has 2 aromatic heterocycles. The van der Waals surface area contributed by atoms with Gasteiger partial charge in [-0.1, -0.05) is 13.8 Å². The predicted molar refractivity (Wildman–Crippen MR) is 156 cm³/mol. The highest BCUT2D eigenvalue weighted by Gasteiger charge is 2.28. The van der Waals surface area contributed by atoms with Gasteiger partial charge < -0.3 is 34.1 Å². The maximum atomic E-state index is 12.6. The lowest BCUT2D eigenvalue weighted by Gasteiger charge is -2.16. The van der Waals surface area contributed by atoms with Crippen LogP contribution in [0.15, 0.2) is 24.3 Å². The van der Waals surface area contributed by atoms with Crippen LogP contribution in [0.1, 0.15) is 53.9 Å². The van der Waals surface area contributed by atoms with E-state index in [-0.39, 0.29) is 37.0 Å². The highest BCUT2D eigenvalue weighted by molar-refractivity contribution is 7.20. The van der Waals surface area contributed by atoms with Crippen molar-refractivity contribution in [3.63, 3.8) is 0 Å². The van der Waals surface area contributed by atoms with Crippen molar-refractivity contribution in [2.45, 2.75) is 46.2 Å². The third kappa shape index (κ3) is 7.53. The minimum Gasteiger partial charge on any atom is -0.493 e. The van der Waals surface area contributed by atoms with Crippen LogP contribution in [0.2, 0.25) is 0 Å². The molecule has 1 amide bonds. The van der Waals surface area contributed by atoms with Gasteiger partial charge in [0.2, 0.25) is 5.91 Å². The molecule has 4 rings (SSSR count). The molecule has 0 fully saturated rings. The third-order valence-electron chi connectivity index (χ3n) is 7.10. The van der Waals surface area contributed by atoms with E-state index < -0.39 is 23.8 Å². The highest BCUT2D eigenvalue weighted by atomic mass is 32.1. The number of thiophene rings is 1. The van der Waals surface area contributed by atoms with Crippen molar-refractivity contribution in [2.75, 3.05) is 27.4 Å². The number of benzene rings is 1. The molecule has 2 N–H and O–H groups in total. The minimum atomic E-state index is -1.02. The van der Waals surface area contributed by atoms with Crippen LogP contribution in [0.5, 0.6) is 23.1 Å². The molecular weight excluding hydrogens is 580 g/mol. The van der Waals surface area contributed by atoms with E-state index in [9.17, 15) is 19.2 Å². The maximum Gasteiger partial charge on any atom is 0.306 e. The predicted octanol–water partition coefficient (Wildman–Crippen LogP) is 4.41. The first-order valence-corrected chi connectivity index (χ1v) is 14.5. The van der Waals surface area contributed by atoms with E-state index >= 15 is 0 Å². The number of amides is 1. The molecule has 1 aliphatic heterocycles. The summed E-state index contributed by atoms with van der Waals surface area (Å²) in [5, 5.41) is 18.9. The van der Waals surface area contributed by atoms with E-state index in [4.69, 9.17) is 29.2 Å². The number of carbonyl (C=O) groups is 4. The molecule has 3 aromatic rings. The van der Waals surface area contributed by atoms with Crippen molar-refractivity contribution in [1.29, 1.82) is 0 Å². The Morgan fingerprint density at radius 3 is 2.09 bits per heavy atom. The maximum absolute atomic E-state index is 12.6. The molecule has 3 heterocycles. The van der Waals surface area contributed by atoms with Crippen LogP contribution in [0.25, 0.3) is 10.2 Å². The van der Waals surface area contributed by atoms with E-state index in [2.05, 4.69) is 4.98 Å². The van der Waals surface area contributed by atoms with Gasteiger partial charge in [0.1, 0.15) is 4.83 Å². The number of aromatic nitrogens is 1. The Morgan fingerprint density at radius 1 is 0.860 bits per heavy atom. The normalized spacial score (nSPS) is 13.7. The number of carbonyl (C=O) groups excluding carboxylic acids is 2. The first kappa shape index (κ1) is 31.5. The van der Waals surface area contributed by atoms with Gasteiger partial charge in [-0.15, -0.1) is 11.3 Å². The van der Waals surface area contributed by atoms with Crippen LogP contribution < -0.4 is 18.9 Å². The summed E-state index contributed by atoms with van der Waals surface area (Å²) in [6, 6.07) is 7.09. The molecule has 0 bridgehead atoms. The fourth-order valence-electron chi connectivity index (χ4n) is 4.53. The number of rotatable bonds is 15. The summed E-state index contributed by atoms with van der Waals surface area (Å²) in [4.78, 5) is 54.5. The Kier molecular flexibility index (Phi) is 10.1. The number of fused-ring (bicyclic) bond motifs is 2. The van der Waals surface area contributed by atoms with Gasteiger partial charge >= 0.3 is 11.9 Å². The van der Waals surface area contributed by atoms with Crippen LogP contribution in [-0.2, 0) is 27.5 Å². The molecule has 0 spiro atoms. The van der Waals surface area contributed by atoms with Crippen molar-refractivity contribution in [3.8, 4) is 23.1 Å². The summed E-state index contributed by atoms with van der Waals surface area (Å²) in [5.41, 5.74) is 1.84. The molecule has 230 valence electrons. The number of nitrogens with zero attached hydrogens (tertiary/aromatic N) is 2. The Bertz CT molecular complexity index is 1530. The summed E-state index contributed by atoms with van der Waals surface area (Å²) in [5.74, 6) is -2.30. The van der Waals surface area contributed by atoms with E-state index in [1.165, 1.54) is 39.4 Å². The zero-order valence-corrected chi connectivity index (χ0v) is 25.2. The van der Waals surface area contributed by atoms with Crippen LogP contribution >= 0.6 is 11.3 Å². The summed E-state index contributed by atoms with van der Waals surface area (Å²) in [6.45, 7) is 4.32. The fraction of sp³-hybridized carbons (Fsp3) is 0.433. The van der Waals surface area contributed by atoms with E-state index in [0.29, 0.717) is 58.5 Å². The Labute approximate surface area is 252 Å². The number of aliphatic carboxylic acids is 2. The van der Waals surface area contributed by atoms with Gasteiger partial charge in [0.05, 0.1) is 44.1 Å². The fourth-order valence-corrected chi connectivity index (χ4v) is 5.49. The molecule has 0 saturated carbocycles. The van der Waals surface area contributed by atoms with Crippen LogP contribution in [0.3, 0.4) is 0 Å². The summed E-state index contributed by atoms with van der Waals surface area (Å²) >= 11 is 1.17. The van der Waals surface area contributed by atoms with Crippen molar-refractivity contribution in [1.82, 2.24) is 9.88 Å². The van der Waals surface area contributed by atoms with Crippen molar-refractivity contribution in [3.05, 3.63) is 40.3 Å². The zero-order valence-electron chi connectivity index (χ0n) is 24.4. The number of hydrogen-bond acceptors (Lipinski definition) is 10. The second-order valence-electron chi connectivity index (χ2n) is 10.4. The van der Waals surface area contributed by atoms with Gasteiger partial charge in [-0.2, -0.15) is 4.98 Å². The van der Waals surface area contributed by atoms with Crippen molar-refractivity contribution < 1.29 is 48.3 Å². The lowest BCUT2D eigenvalue weighted by Crippen LogP contribution is -2.28. The van der Waals surface area contributed by atoms with Gasteiger partial charge in [0.25, 0.3) is 5.88 Å². The van der Waals surface area contributed by atoms with Gasteiger partial charge in [-0.05, 0) is 35.4 Å². The zero-order chi connectivity index (χ0) is 31.3. The highest BCUT2D eigenvalue weighted by Crippen LogP contribution is 2.36. The average molecular weight is 615 g/mol. The molecule has 12 nitrogen and oxygen atoms in total. The number of methoxy groups -OCH3 is 2. The van der Waals surface area contributed by atoms with Crippen molar-refractivity contribution in [2.24, 2.45) is 11.8 Å². The second-order valence-corrected chi connectivity index (χ2v) is 11.4. The number of ether oxygens (including phenoxy) is 4. The summed E-state index contributed by atoms with van der Waals surface area (Å²) in [6.07, 6.45) is 0.344. The minimum absolute atomic E-state index is 0.0613. The molecule has 1 aliphatic rings. The topological polar surface area (TPSA) is 162 Å². The Morgan fingerprint density at radius 2 is 1.47 bits per heavy atom. The lowest BCUT2D eigenvalue weighted by molar-refractivity contribution is -0.145. The van der Waals surface area contributed by atoms with Gasteiger partial charge in [-0.25, -0.2) is 0 Å². The van der Waals surface area contributed by atoms with E-state index in [1.807, 2.05) is 12.1 Å². The molecule has 0 aliphatic carbocycles. The van der Waals surface area contributed by atoms with Crippen LogP contribution in [0, 0.1) is 11.8 Å². The molecule has 2 unspecified atom stereocenters. The smallest absolute Gasteiger partial charge is 0.306 e. The molecule has 2 atom stereocenters. The van der Waals surface area contributed by atoms with Gasteiger partial charge in [-0.3, -0.25) is 19.2 Å². The summed E-state index contributed by atoms with van der Waals surface area (Å²) in [7, 11) is 3.03. The third-order valence-corrected chi connectivity index (χ3v) is 8.18. The summed E-state index contributed by atoms with van der Waals surface area (Å²) < 4.78 is 22.8. The largest absolute Gasteiger partial charge is 0.493 e. The number of pyridine rings is 1. The number of hydrogen-bond donors (Lipinski definition) is 2. The number of ketones is 1. The average Bonchev–Trinajstić information content (AvgIpc) is 3.59. The SMILES string of the molecule is COc1cc2c(cc1OCCCOc1nc3sc(C(=O)CC(C)C(=O)O)cc3cc1OC)CN(C(=O)CC(C)C(=O)O)C2. The van der Waals surface area contributed by atoms with Gasteiger partial charge in [0.15, 0.2) is 23.0 Å². The molecule has 43 heavy (non-hydrogen) atoms. The first-order chi connectivity index (χ1) is 20.5. The Balaban J connectivity index is 1.34. The lowest BCUT2D eigenvalue weighted by atomic mass is 10.0. The second kappa shape index (κ2) is 13.7. The van der Waals surface area contributed by atoms with Crippen LogP contribution in [-0.4, -0.2) is 71.2 Å². The Hall–Kier alpha value is -4.39. The number of carboxylic acid groups (broad SMARTS) is 2. The molecule has 0 saturated heterocycles. The molecular formula is C30H34N2O10S. The van der Waals surface area contributed by atoms with E-state index in [1.54, 1.807) is 17.0 Å². The van der Waals surface area contributed by atoms with Gasteiger partial charge in [0, 0.05) is 37.7 Å². The molecule has 13 heteroatoms. The standard InChI is InChI=1S/C30H34N2O10S/c1-16(29(35)36)8-21(33)25-13-18-10-24(40-4)27(31-28(18)43-25)42-7-5-6-41-23-12-20-15-32(14-19(20)11-22(23)39-3)26(34)9-17(2)30(37)38/h10-13,16-17H,5-9,14-15H2,1-4H3,(H,35,36)(H,37,38). The molecule has 0 radical (unpaired) electrons. The monoisotopic (exact) mass is 614 g/mol. The van der Waals surface area contributed by atoms with Crippen LogP contribution in [0.4, 0.5) is 0 Å². The quantitative estimate of drug-likeness (QED) is 0.184. The first-order valence-electron chi connectivity index (χ1n) is 13.7. The number of carboxylic acids is 2. The number of Topliss-reactive ketones (excluding diaryl/α,β-unsaturated/α-hetero) is 1. The van der Waals surface area contributed by atoms with Crippen molar-refractivity contribution >= 4 is 45.2 Å².